The summed E-state index contributed by atoms with van der Waals surface area (Å²) in [6, 6.07) is 0. The van der Waals surface area contributed by atoms with E-state index in [4.69, 9.17) is 4.74 Å². The zero-order valence-corrected chi connectivity index (χ0v) is 14.1. The zero-order valence-electron chi connectivity index (χ0n) is 13.2. The van der Waals surface area contributed by atoms with Crippen LogP contribution in [0, 0.1) is 0 Å². The van der Waals surface area contributed by atoms with Crippen molar-refractivity contribution in [1.29, 1.82) is 0 Å². The summed E-state index contributed by atoms with van der Waals surface area (Å²) < 4.78 is 5.77. The molecular formula is C15H26N4OS. The Bertz CT molecular complexity index is 466. The lowest BCUT2D eigenvalue weighted by molar-refractivity contribution is 0.0243. The van der Waals surface area contributed by atoms with Crippen molar-refractivity contribution in [2.75, 3.05) is 26.7 Å². The van der Waals surface area contributed by atoms with Crippen LogP contribution in [0.2, 0.25) is 0 Å². The Morgan fingerprint density at radius 1 is 1.52 bits per heavy atom. The number of nitrogens with zero attached hydrogens (tertiary/aromatic N) is 2. The first-order chi connectivity index (χ1) is 10.1. The average Bonchev–Trinajstić information content (AvgIpc) is 3.12. The van der Waals surface area contributed by atoms with E-state index in [1.165, 1.54) is 5.01 Å². The molecule has 1 fully saturated rings. The monoisotopic (exact) mass is 310 g/mol. The van der Waals surface area contributed by atoms with Crippen molar-refractivity contribution in [2.45, 2.75) is 45.1 Å². The Balaban J connectivity index is 1.70. The molecule has 1 aliphatic rings. The van der Waals surface area contributed by atoms with Crippen LogP contribution < -0.4 is 10.6 Å². The van der Waals surface area contributed by atoms with Crippen molar-refractivity contribution in [3.05, 3.63) is 16.1 Å². The first-order valence-corrected chi connectivity index (χ1v) is 8.55. The van der Waals surface area contributed by atoms with Gasteiger partial charge in [-0.15, -0.1) is 11.3 Å². The first kappa shape index (κ1) is 16.2. The quantitative estimate of drug-likeness (QED) is 0.623. The molecule has 1 aliphatic heterocycles. The predicted molar refractivity (Wildman–Crippen MR) is 88.2 cm³/mol. The number of ether oxygens (including phenoxy) is 1. The average molecular weight is 310 g/mol. The summed E-state index contributed by atoms with van der Waals surface area (Å²) >= 11 is 1.74. The van der Waals surface area contributed by atoms with E-state index >= 15 is 0 Å². The van der Waals surface area contributed by atoms with Gasteiger partial charge in [0.25, 0.3) is 0 Å². The van der Waals surface area contributed by atoms with E-state index in [-0.39, 0.29) is 5.60 Å². The molecule has 5 nitrogen and oxygen atoms in total. The number of rotatable bonds is 6. The summed E-state index contributed by atoms with van der Waals surface area (Å²) in [4.78, 5) is 8.82. The summed E-state index contributed by atoms with van der Waals surface area (Å²) in [5.41, 5.74) is 1.11. The highest BCUT2D eigenvalue weighted by Gasteiger charge is 2.29. The molecule has 1 saturated heterocycles. The van der Waals surface area contributed by atoms with Gasteiger partial charge in [-0.3, -0.25) is 4.99 Å². The summed E-state index contributed by atoms with van der Waals surface area (Å²) in [6.45, 7) is 6.79. The van der Waals surface area contributed by atoms with Crippen LogP contribution in [-0.2, 0) is 17.6 Å². The van der Waals surface area contributed by atoms with E-state index in [0.29, 0.717) is 0 Å². The molecule has 21 heavy (non-hydrogen) atoms. The minimum Gasteiger partial charge on any atom is -0.373 e. The lowest BCUT2D eigenvalue weighted by Gasteiger charge is -2.24. The van der Waals surface area contributed by atoms with Crippen LogP contribution in [0.5, 0.6) is 0 Å². The predicted octanol–water partition coefficient (Wildman–Crippen LogP) is 1.98. The van der Waals surface area contributed by atoms with Gasteiger partial charge in [0.15, 0.2) is 5.96 Å². The number of aromatic nitrogens is 1. The highest BCUT2D eigenvalue weighted by atomic mass is 32.1. The molecule has 0 radical (unpaired) electrons. The standard InChI is InChI=1S/C15H26N4OS/c1-4-13-19-12(10-21-13)6-8-17-14(16-3)18-11-15(2)7-5-9-20-15/h10H,4-9,11H2,1-3H3,(H2,16,17,18). The van der Waals surface area contributed by atoms with Gasteiger partial charge in [0.05, 0.1) is 16.3 Å². The highest BCUT2D eigenvalue weighted by Crippen LogP contribution is 2.23. The van der Waals surface area contributed by atoms with Gasteiger partial charge in [-0.1, -0.05) is 6.92 Å². The van der Waals surface area contributed by atoms with Gasteiger partial charge in [0, 0.05) is 38.5 Å². The van der Waals surface area contributed by atoms with Gasteiger partial charge >= 0.3 is 0 Å². The minimum absolute atomic E-state index is 0.0530. The number of hydrogen-bond donors (Lipinski definition) is 2. The molecule has 118 valence electrons. The molecule has 0 bridgehead atoms. The second kappa shape index (κ2) is 7.75. The Morgan fingerprint density at radius 3 is 3.00 bits per heavy atom. The maximum Gasteiger partial charge on any atom is 0.191 e. The Hall–Kier alpha value is -1.14. The lowest BCUT2D eigenvalue weighted by Crippen LogP contribution is -2.45. The Morgan fingerprint density at radius 2 is 2.38 bits per heavy atom. The van der Waals surface area contributed by atoms with Gasteiger partial charge in [0.2, 0.25) is 0 Å². The fraction of sp³-hybridized carbons (Fsp3) is 0.733. The van der Waals surface area contributed by atoms with Crippen molar-refractivity contribution in [3.63, 3.8) is 0 Å². The minimum atomic E-state index is -0.0530. The van der Waals surface area contributed by atoms with Crippen molar-refractivity contribution in [1.82, 2.24) is 15.6 Å². The number of thiazole rings is 1. The molecule has 1 aromatic heterocycles. The lowest BCUT2D eigenvalue weighted by atomic mass is 10.0. The second-order valence-corrected chi connectivity index (χ2v) is 6.53. The van der Waals surface area contributed by atoms with Gasteiger partial charge in [-0.2, -0.15) is 0 Å². The van der Waals surface area contributed by atoms with Crippen LogP contribution >= 0.6 is 11.3 Å². The van der Waals surface area contributed by atoms with Gasteiger partial charge in [-0.25, -0.2) is 4.98 Å². The van der Waals surface area contributed by atoms with E-state index in [1.54, 1.807) is 18.4 Å². The Kier molecular flexibility index (Phi) is 5.99. The number of nitrogens with one attached hydrogen (secondary N) is 2. The summed E-state index contributed by atoms with van der Waals surface area (Å²) in [6.07, 6.45) is 4.19. The molecule has 2 rings (SSSR count). The largest absolute Gasteiger partial charge is 0.373 e. The zero-order chi connectivity index (χ0) is 15.1. The smallest absolute Gasteiger partial charge is 0.191 e. The van der Waals surface area contributed by atoms with Crippen molar-refractivity contribution >= 4 is 17.3 Å². The summed E-state index contributed by atoms with van der Waals surface area (Å²) in [7, 11) is 1.80. The van der Waals surface area contributed by atoms with Crippen molar-refractivity contribution < 1.29 is 4.74 Å². The van der Waals surface area contributed by atoms with Crippen LogP contribution in [0.4, 0.5) is 0 Å². The molecule has 0 amide bonds. The summed E-state index contributed by atoms with van der Waals surface area (Å²) in [5, 5.41) is 10.0. The van der Waals surface area contributed by atoms with Gasteiger partial charge < -0.3 is 15.4 Å². The van der Waals surface area contributed by atoms with Crippen LogP contribution in [0.25, 0.3) is 0 Å². The third-order valence-corrected chi connectivity index (χ3v) is 4.77. The number of hydrogen-bond acceptors (Lipinski definition) is 4. The first-order valence-electron chi connectivity index (χ1n) is 7.67. The van der Waals surface area contributed by atoms with E-state index in [1.807, 2.05) is 0 Å². The molecular weight excluding hydrogens is 284 g/mol. The maximum absolute atomic E-state index is 5.77. The topological polar surface area (TPSA) is 58.5 Å². The molecule has 1 unspecified atom stereocenters. The van der Waals surface area contributed by atoms with Gasteiger partial charge in [0.1, 0.15) is 0 Å². The molecule has 0 aromatic carbocycles. The van der Waals surface area contributed by atoms with E-state index in [9.17, 15) is 0 Å². The Labute approximate surface area is 131 Å². The molecule has 1 aromatic rings. The van der Waals surface area contributed by atoms with Crippen LogP contribution in [0.3, 0.4) is 0 Å². The van der Waals surface area contributed by atoms with Gasteiger partial charge in [-0.05, 0) is 26.2 Å². The molecule has 6 heteroatoms. The molecule has 2 heterocycles. The summed E-state index contributed by atoms with van der Waals surface area (Å²) in [5.74, 6) is 0.831. The SMILES string of the molecule is CCc1nc(CCNC(=NC)NCC2(C)CCCO2)cs1. The normalized spacial score (nSPS) is 22.5. The second-order valence-electron chi connectivity index (χ2n) is 5.59. The fourth-order valence-electron chi connectivity index (χ4n) is 2.40. The molecule has 0 aliphatic carbocycles. The van der Waals surface area contributed by atoms with E-state index in [2.05, 4.69) is 39.8 Å². The molecule has 0 saturated carbocycles. The maximum atomic E-state index is 5.77. The number of guanidine groups is 1. The number of aliphatic imine (C=N–C) groups is 1. The third-order valence-electron chi connectivity index (χ3n) is 3.73. The number of aryl methyl sites for hydroxylation is 1. The molecule has 1 atom stereocenters. The highest BCUT2D eigenvalue weighted by molar-refractivity contribution is 7.09. The fourth-order valence-corrected chi connectivity index (χ4v) is 3.18. The van der Waals surface area contributed by atoms with Crippen molar-refractivity contribution in [2.24, 2.45) is 4.99 Å². The molecule has 2 N–H and O–H groups in total. The van der Waals surface area contributed by atoms with E-state index < -0.39 is 0 Å². The van der Waals surface area contributed by atoms with Crippen molar-refractivity contribution in [3.8, 4) is 0 Å². The third kappa shape index (κ3) is 4.97. The van der Waals surface area contributed by atoms with Crippen LogP contribution in [0.15, 0.2) is 10.4 Å². The van der Waals surface area contributed by atoms with Crippen LogP contribution in [0.1, 0.15) is 37.4 Å². The van der Waals surface area contributed by atoms with Crippen LogP contribution in [-0.4, -0.2) is 43.3 Å². The van der Waals surface area contributed by atoms with E-state index in [0.717, 1.165) is 57.0 Å². The molecule has 0 spiro atoms.